The molecule has 7 heteroatoms. The Bertz CT molecular complexity index is 389. The number of aliphatic hydroxyl groups is 1. The van der Waals surface area contributed by atoms with Gasteiger partial charge >= 0.3 is 12.2 Å². The molecule has 0 aromatic carbocycles. The average molecular weight is 288 g/mol. The van der Waals surface area contributed by atoms with Gasteiger partial charge in [0.1, 0.15) is 5.60 Å². The first-order chi connectivity index (χ1) is 8.93. The van der Waals surface area contributed by atoms with Crippen LogP contribution < -0.4 is 5.32 Å². The van der Waals surface area contributed by atoms with Gasteiger partial charge in [0.25, 0.3) is 0 Å². The summed E-state index contributed by atoms with van der Waals surface area (Å²) >= 11 is 0. The van der Waals surface area contributed by atoms with Gasteiger partial charge in [-0.1, -0.05) is 6.92 Å². The SMILES string of the molecule is C[C@H]1CN(C(=O)O)C[C@@H](NC(=O)OC(C)(C)C)[C@@]1(C)O. The number of amides is 2. The van der Waals surface area contributed by atoms with Crippen molar-refractivity contribution in [3.63, 3.8) is 0 Å². The van der Waals surface area contributed by atoms with Gasteiger partial charge < -0.3 is 25.2 Å². The van der Waals surface area contributed by atoms with E-state index in [-0.39, 0.29) is 19.0 Å². The fraction of sp³-hybridized carbons (Fsp3) is 0.846. The number of rotatable bonds is 1. The van der Waals surface area contributed by atoms with E-state index in [1.165, 1.54) is 4.90 Å². The molecule has 2 amide bonds. The largest absolute Gasteiger partial charge is 0.465 e. The van der Waals surface area contributed by atoms with E-state index < -0.39 is 29.4 Å². The van der Waals surface area contributed by atoms with Gasteiger partial charge in [0, 0.05) is 19.0 Å². The molecule has 3 N–H and O–H groups in total. The highest BCUT2D eigenvalue weighted by molar-refractivity contribution is 5.69. The molecule has 1 heterocycles. The molecule has 1 aliphatic rings. The smallest absolute Gasteiger partial charge is 0.408 e. The molecule has 0 aliphatic carbocycles. The first kappa shape index (κ1) is 16.6. The predicted molar refractivity (Wildman–Crippen MR) is 72.5 cm³/mol. The molecule has 7 nitrogen and oxygen atoms in total. The number of carbonyl (C=O) groups is 2. The van der Waals surface area contributed by atoms with Gasteiger partial charge in [-0.2, -0.15) is 0 Å². The number of carbonyl (C=O) groups excluding carboxylic acids is 1. The van der Waals surface area contributed by atoms with Crippen molar-refractivity contribution in [2.75, 3.05) is 13.1 Å². The van der Waals surface area contributed by atoms with Crippen molar-refractivity contribution in [2.45, 2.75) is 51.9 Å². The molecule has 1 aliphatic heterocycles. The van der Waals surface area contributed by atoms with E-state index >= 15 is 0 Å². The lowest BCUT2D eigenvalue weighted by atomic mass is 9.80. The van der Waals surface area contributed by atoms with E-state index in [2.05, 4.69) is 5.32 Å². The second-order valence-electron chi connectivity index (χ2n) is 6.51. The van der Waals surface area contributed by atoms with Crippen LogP contribution in [-0.4, -0.2) is 57.6 Å². The standard InChI is InChI=1S/C13H24N2O5/c1-8-6-15(11(17)18)7-9(13(8,5)19)14-10(16)20-12(2,3)4/h8-9,19H,6-7H2,1-5H3,(H,14,16)(H,17,18)/t8-,9+,13-/m0/s1. The molecule has 116 valence electrons. The van der Waals surface area contributed by atoms with Crippen molar-refractivity contribution >= 4 is 12.2 Å². The van der Waals surface area contributed by atoms with Crippen LogP contribution in [0.2, 0.25) is 0 Å². The third-order valence-electron chi connectivity index (χ3n) is 3.56. The Hall–Kier alpha value is -1.50. The maximum absolute atomic E-state index is 11.8. The lowest BCUT2D eigenvalue weighted by molar-refractivity contribution is -0.0727. The molecule has 1 fully saturated rings. The van der Waals surface area contributed by atoms with E-state index in [0.29, 0.717) is 0 Å². The van der Waals surface area contributed by atoms with Crippen LogP contribution in [0.3, 0.4) is 0 Å². The maximum Gasteiger partial charge on any atom is 0.408 e. The summed E-state index contributed by atoms with van der Waals surface area (Å²) in [7, 11) is 0. The van der Waals surface area contributed by atoms with Crippen LogP contribution in [0.25, 0.3) is 0 Å². The van der Waals surface area contributed by atoms with E-state index in [1.807, 2.05) is 0 Å². The number of nitrogens with zero attached hydrogens (tertiary/aromatic N) is 1. The Balaban J connectivity index is 2.78. The fourth-order valence-electron chi connectivity index (χ4n) is 2.14. The van der Waals surface area contributed by atoms with Crippen LogP contribution in [0.1, 0.15) is 34.6 Å². The summed E-state index contributed by atoms with van der Waals surface area (Å²) in [5.41, 5.74) is -1.84. The molecule has 0 radical (unpaired) electrons. The van der Waals surface area contributed by atoms with Crippen molar-refractivity contribution < 1.29 is 24.5 Å². The topological polar surface area (TPSA) is 99.1 Å². The Morgan fingerprint density at radius 1 is 1.35 bits per heavy atom. The number of likely N-dealkylation sites (tertiary alicyclic amines) is 1. The summed E-state index contributed by atoms with van der Waals surface area (Å²) in [5, 5.41) is 22.1. The molecular weight excluding hydrogens is 264 g/mol. The number of hydrogen-bond acceptors (Lipinski definition) is 4. The summed E-state index contributed by atoms with van der Waals surface area (Å²) < 4.78 is 5.14. The lowest BCUT2D eigenvalue weighted by Crippen LogP contribution is -2.65. The van der Waals surface area contributed by atoms with Crippen molar-refractivity contribution in [2.24, 2.45) is 5.92 Å². The highest BCUT2D eigenvalue weighted by atomic mass is 16.6. The Morgan fingerprint density at radius 3 is 2.35 bits per heavy atom. The summed E-state index contributed by atoms with van der Waals surface area (Å²) in [5.74, 6) is -0.299. The number of piperidine rings is 1. The minimum Gasteiger partial charge on any atom is -0.465 e. The normalized spacial score (nSPS) is 30.8. The van der Waals surface area contributed by atoms with Crippen LogP contribution >= 0.6 is 0 Å². The van der Waals surface area contributed by atoms with Crippen molar-refractivity contribution in [3.05, 3.63) is 0 Å². The van der Waals surface area contributed by atoms with Gasteiger partial charge in [0.15, 0.2) is 0 Å². The van der Waals surface area contributed by atoms with Crippen molar-refractivity contribution in [1.82, 2.24) is 10.2 Å². The monoisotopic (exact) mass is 288 g/mol. The molecule has 1 rings (SSSR count). The van der Waals surface area contributed by atoms with Gasteiger partial charge in [-0.15, -0.1) is 0 Å². The van der Waals surface area contributed by atoms with Crippen LogP contribution in [0.15, 0.2) is 0 Å². The number of alkyl carbamates (subject to hydrolysis) is 1. The van der Waals surface area contributed by atoms with E-state index in [0.717, 1.165) is 0 Å². The molecule has 0 spiro atoms. The summed E-state index contributed by atoms with van der Waals surface area (Å²) in [6.07, 6.45) is -1.73. The molecule has 0 unspecified atom stereocenters. The van der Waals surface area contributed by atoms with Crippen molar-refractivity contribution in [3.8, 4) is 0 Å². The molecule has 0 saturated carbocycles. The number of nitrogens with one attached hydrogen (secondary N) is 1. The quantitative estimate of drug-likeness (QED) is 0.674. The van der Waals surface area contributed by atoms with Gasteiger partial charge in [0.2, 0.25) is 0 Å². The average Bonchev–Trinajstić information content (AvgIpc) is 2.21. The molecule has 3 atom stereocenters. The number of ether oxygens (including phenoxy) is 1. The molecular formula is C13H24N2O5. The molecule has 0 aromatic heterocycles. The molecule has 0 bridgehead atoms. The summed E-state index contributed by atoms with van der Waals surface area (Å²) in [6, 6.07) is -0.711. The Kier molecular flexibility index (Phi) is 4.53. The minimum absolute atomic E-state index is 0.0336. The van der Waals surface area contributed by atoms with Gasteiger partial charge in [-0.25, -0.2) is 9.59 Å². The Labute approximate surface area is 118 Å². The van der Waals surface area contributed by atoms with Gasteiger partial charge in [-0.05, 0) is 27.7 Å². The minimum atomic E-state index is -1.19. The first-order valence-corrected chi connectivity index (χ1v) is 6.63. The van der Waals surface area contributed by atoms with E-state index in [1.54, 1.807) is 34.6 Å². The van der Waals surface area contributed by atoms with Gasteiger partial charge in [0.05, 0.1) is 11.6 Å². The zero-order valence-corrected chi connectivity index (χ0v) is 12.6. The van der Waals surface area contributed by atoms with E-state index in [9.17, 15) is 14.7 Å². The lowest BCUT2D eigenvalue weighted by Gasteiger charge is -2.46. The summed E-state index contributed by atoms with van der Waals surface area (Å²) in [6.45, 7) is 8.81. The summed E-state index contributed by atoms with van der Waals surface area (Å²) in [4.78, 5) is 24.0. The van der Waals surface area contributed by atoms with Crippen LogP contribution in [0.5, 0.6) is 0 Å². The second-order valence-corrected chi connectivity index (χ2v) is 6.51. The zero-order valence-electron chi connectivity index (χ0n) is 12.6. The van der Waals surface area contributed by atoms with Gasteiger partial charge in [-0.3, -0.25) is 0 Å². The van der Waals surface area contributed by atoms with Crippen molar-refractivity contribution in [1.29, 1.82) is 0 Å². The third-order valence-corrected chi connectivity index (χ3v) is 3.56. The second kappa shape index (κ2) is 5.47. The van der Waals surface area contributed by atoms with E-state index in [4.69, 9.17) is 9.84 Å². The highest BCUT2D eigenvalue weighted by Gasteiger charge is 2.45. The Morgan fingerprint density at radius 2 is 1.90 bits per heavy atom. The molecule has 20 heavy (non-hydrogen) atoms. The highest BCUT2D eigenvalue weighted by Crippen LogP contribution is 2.28. The molecule has 0 aromatic rings. The number of hydrogen-bond donors (Lipinski definition) is 3. The fourth-order valence-corrected chi connectivity index (χ4v) is 2.14. The third kappa shape index (κ3) is 4.00. The maximum atomic E-state index is 11.8. The number of carboxylic acid groups (broad SMARTS) is 1. The van der Waals surface area contributed by atoms with Crippen LogP contribution in [-0.2, 0) is 4.74 Å². The van der Waals surface area contributed by atoms with Crippen LogP contribution in [0.4, 0.5) is 9.59 Å². The van der Waals surface area contributed by atoms with Crippen LogP contribution in [0, 0.1) is 5.92 Å². The first-order valence-electron chi connectivity index (χ1n) is 6.63. The zero-order chi connectivity index (χ0) is 15.7. The predicted octanol–water partition coefficient (Wildman–Crippen LogP) is 1.26. The molecule has 1 saturated heterocycles.